The van der Waals surface area contributed by atoms with Crippen molar-refractivity contribution in [1.82, 2.24) is 0 Å². The first-order chi connectivity index (χ1) is 6.95. The van der Waals surface area contributed by atoms with Crippen LogP contribution < -0.4 is 11.1 Å². The maximum atomic E-state index is 12.9. The molecule has 0 saturated carbocycles. The molecule has 0 bridgehead atoms. The summed E-state index contributed by atoms with van der Waals surface area (Å²) in [7, 11) is 0. The third-order valence-corrected chi connectivity index (χ3v) is 2.75. The molecule has 0 spiro atoms. The van der Waals surface area contributed by atoms with Gasteiger partial charge in [-0.15, -0.1) is 0 Å². The smallest absolute Gasteiger partial charge is 0.385 e. The van der Waals surface area contributed by atoms with E-state index in [9.17, 15) is 13.2 Å². The molecule has 0 radical (unpaired) electrons. The summed E-state index contributed by atoms with van der Waals surface area (Å²) in [5, 5.41) is 2.91. The molecule has 2 nitrogen and oxygen atoms in total. The Kier molecular flexibility index (Phi) is 2.15. The number of para-hydroxylation sites is 1. The lowest BCUT2D eigenvalue weighted by molar-refractivity contribution is -0.191. The normalized spacial score (nSPS) is 25.6. The van der Waals surface area contributed by atoms with Crippen LogP contribution in [0.5, 0.6) is 0 Å². The fraction of sp³-hybridized carbons (Fsp3) is 0.400. The Balaban J connectivity index is 2.55. The van der Waals surface area contributed by atoms with Crippen molar-refractivity contribution in [2.75, 3.05) is 11.9 Å². The molecule has 0 amide bonds. The van der Waals surface area contributed by atoms with Gasteiger partial charge < -0.3 is 11.1 Å². The minimum Gasteiger partial charge on any atom is -0.385 e. The number of fused-ring (bicyclic) bond motifs is 1. The molecule has 1 atom stereocenters. The van der Waals surface area contributed by atoms with E-state index in [0.29, 0.717) is 5.69 Å². The summed E-state index contributed by atoms with van der Waals surface area (Å²) in [6, 6.07) is 6.30. The second-order valence-corrected chi connectivity index (χ2v) is 3.69. The van der Waals surface area contributed by atoms with Crippen molar-refractivity contribution in [3.63, 3.8) is 0 Å². The van der Waals surface area contributed by atoms with Gasteiger partial charge in [0.15, 0.2) is 0 Å². The topological polar surface area (TPSA) is 38.0 Å². The first-order valence-corrected chi connectivity index (χ1v) is 4.64. The van der Waals surface area contributed by atoms with Crippen LogP contribution >= 0.6 is 0 Å². The fourth-order valence-corrected chi connectivity index (χ4v) is 1.85. The molecule has 1 heterocycles. The fourth-order valence-electron chi connectivity index (χ4n) is 1.85. The number of rotatable bonds is 0. The molecule has 2 rings (SSSR count). The third kappa shape index (κ3) is 1.47. The van der Waals surface area contributed by atoms with Gasteiger partial charge in [-0.05, 0) is 12.5 Å². The summed E-state index contributed by atoms with van der Waals surface area (Å²) in [5.74, 6) is 0. The average molecular weight is 216 g/mol. The van der Waals surface area contributed by atoms with Crippen LogP contribution in [0.25, 0.3) is 0 Å². The molecule has 1 aliphatic heterocycles. The largest absolute Gasteiger partial charge is 0.410 e. The van der Waals surface area contributed by atoms with Gasteiger partial charge in [0.1, 0.15) is 5.54 Å². The highest BCUT2D eigenvalue weighted by Gasteiger charge is 2.54. The van der Waals surface area contributed by atoms with Crippen LogP contribution in [0.1, 0.15) is 12.0 Å². The minimum atomic E-state index is -4.41. The first kappa shape index (κ1) is 10.3. The van der Waals surface area contributed by atoms with Crippen LogP contribution in [0.15, 0.2) is 24.3 Å². The predicted octanol–water partition coefficient (Wildman–Crippen LogP) is 2.22. The Morgan fingerprint density at radius 1 is 1.27 bits per heavy atom. The van der Waals surface area contributed by atoms with Gasteiger partial charge in [-0.1, -0.05) is 18.2 Å². The van der Waals surface area contributed by atoms with E-state index in [-0.39, 0.29) is 18.5 Å². The van der Waals surface area contributed by atoms with Crippen LogP contribution in [-0.4, -0.2) is 12.7 Å². The lowest BCUT2D eigenvalue weighted by Gasteiger charge is -2.37. The monoisotopic (exact) mass is 216 g/mol. The summed E-state index contributed by atoms with van der Waals surface area (Å²) in [6.45, 7) is 0.243. The van der Waals surface area contributed by atoms with Gasteiger partial charge in [0.05, 0.1) is 0 Å². The minimum absolute atomic E-state index is 0.128. The molecular formula is C10H11F3N2. The summed E-state index contributed by atoms with van der Waals surface area (Å²) in [6.07, 6.45) is -4.54. The molecule has 0 aromatic heterocycles. The Morgan fingerprint density at radius 3 is 2.60 bits per heavy atom. The first-order valence-electron chi connectivity index (χ1n) is 4.64. The van der Waals surface area contributed by atoms with Gasteiger partial charge in [0.25, 0.3) is 0 Å². The van der Waals surface area contributed by atoms with Crippen molar-refractivity contribution in [2.24, 2.45) is 5.73 Å². The Morgan fingerprint density at radius 2 is 1.93 bits per heavy atom. The summed E-state index contributed by atoms with van der Waals surface area (Å²) in [5.41, 5.74) is 3.87. The lowest BCUT2D eigenvalue weighted by atomic mass is 9.83. The van der Waals surface area contributed by atoms with E-state index in [1.54, 1.807) is 18.2 Å². The molecule has 1 aliphatic rings. The zero-order chi connectivity index (χ0) is 11.1. The van der Waals surface area contributed by atoms with Crippen molar-refractivity contribution < 1.29 is 13.2 Å². The van der Waals surface area contributed by atoms with E-state index in [4.69, 9.17) is 5.73 Å². The second kappa shape index (κ2) is 3.13. The second-order valence-electron chi connectivity index (χ2n) is 3.69. The van der Waals surface area contributed by atoms with Gasteiger partial charge in [-0.25, -0.2) is 0 Å². The SMILES string of the molecule is NC1(C(F)(F)F)CCNc2ccccc21. The van der Waals surface area contributed by atoms with Crippen LogP contribution in [-0.2, 0) is 5.54 Å². The van der Waals surface area contributed by atoms with Crippen LogP contribution in [0.4, 0.5) is 18.9 Å². The number of nitrogens with two attached hydrogens (primary N) is 1. The summed E-state index contributed by atoms with van der Waals surface area (Å²) < 4.78 is 38.6. The lowest BCUT2D eigenvalue weighted by Crippen LogP contribution is -2.53. The zero-order valence-corrected chi connectivity index (χ0v) is 7.93. The molecule has 1 aromatic rings. The van der Waals surface area contributed by atoms with E-state index in [1.165, 1.54) is 6.07 Å². The van der Waals surface area contributed by atoms with E-state index in [1.807, 2.05) is 0 Å². The summed E-state index contributed by atoms with van der Waals surface area (Å²) in [4.78, 5) is 0. The van der Waals surface area contributed by atoms with Crippen molar-refractivity contribution in [2.45, 2.75) is 18.1 Å². The molecule has 0 fully saturated rings. The number of alkyl halides is 3. The molecule has 1 aromatic carbocycles. The van der Waals surface area contributed by atoms with Crippen LogP contribution in [0.2, 0.25) is 0 Å². The van der Waals surface area contributed by atoms with E-state index < -0.39 is 11.7 Å². The van der Waals surface area contributed by atoms with Gasteiger partial charge in [0, 0.05) is 17.8 Å². The van der Waals surface area contributed by atoms with E-state index >= 15 is 0 Å². The molecule has 5 heteroatoms. The average Bonchev–Trinajstić information content (AvgIpc) is 2.17. The van der Waals surface area contributed by atoms with Gasteiger partial charge in [0.2, 0.25) is 0 Å². The quantitative estimate of drug-likeness (QED) is 0.697. The molecule has 3 N–H and O–H groups in total. The Labute approximate surface area is 85.3 Å². The van der Waals surface area contributed by atoms with Crippen molar-refractivity contribution in [3.8, 4) is 0 Å². The van der Waals surface area contributed by atoms with Crippen molar-refractivity contribution in [3.05, 3.63) is 29.8 Å². The highest BCUT2D eigenvalue weighted by molar-refractivity contribution is 5.57. The van der Waals surface area contributed by atoms with E-state index in [2.05, 4.69) is 5.32 Å². The number of hydrogen-bond donors (Lipinski definition) is 2. The molecule has 0 saturated heterocycles. The van der Waals surface area contributed by atoms with Crippen LogP contribution in [0.3, 0.4) is 0 Å². The van der Waals surface area contributed by atoms with Crippen molar-refractivity contribution in [1.29, 1.82) is 0 Å². The maximum Gasteiger partial charge on any atom is 0.410 e. The highest BCUT2D eigenvalue weighted by Crippen LogP contribution is 2.44. The Bertz CT molecular complexity index is 375. The molecule has 82 valence electrons. The van der Waals surface area contributed by atoms with Gasteiger partial charge in [-0.2, -0.15) is 13.2 Å². The number of nitrogens with one attached hydrogen (secondary N) is 1. The van der Waals surface area contributed by atoms with Crippen molar-refractivity contribution >= 4 is 5.69 Å². The predicted molar refractivity (Wildman–Crippen MR) is 51.5 cm³/mol. The van der Waals surface area contributed by atoms with Gasteiger partial charge >= 0.3 is 6.18 Å². The summed E-state index contributed by atoms with van der Waals surface area (Å²) >= 11 is 0. The number of hydrogen-bond acceptors (Lipinski definition) is 2. The Hall–Kier alpha value is -1.23. The maximum absolute atomic E-state index is 12.9. The van der Waals surface area contributed by atoms with E-state index in [0.717, 1.165) is 0 Å². The standard InChI is InChI=1S/C10H11F3N2/c11-10(12,13)9(14)5-6-15-8-4-2-1-3-7(8)9/h1-4,15H,5-6,14H2. The number of halogens is 3. The van der Waals surface area contributed by atoms with Crippen LogP contribution in [0, 0.1) is 0 Å². The highest BCUT2D eigenvalue weighted by atomic mass is 19.4. The third-order valence-electron chi connectivity index (χ3n) is 2.75. The molecule has 15 heavy (non-hydrogen) atoms. The zero-order valence-electron chi connectivity index (χ0n) is 7.93. The molecular weight excluding hydrogens is 205 g/mol. The molecule has 1 unspecified atom stereocenters. The van der Waals surface area contributed by atoms with Gasteiger partial charge in [-0.3, -0.25) is 0 Å². The number of benzene rings is 1. The number of anilines is 1. The molecule has 0 aliphatic carbocycles.